The molecule has 0 atom stereocenters. The van der Waals surface area contributed by atoms with Crippen LogP contribution < -0.4 is 5.32 Å². The van der Waals surface area contributed by atoms with E-state index in [-0.39, 0.29) is 5.91 Å². The quantitative estimate of drug-likeness (QED) is 0.850. The minimum absolute atomic E-state index is 0.00430. The zero-order valence-electron chi connectivity index (χ0n) is 14.1. The van der Waals surface area contributed by atoms with Crippen molar-refractivity contribution in [1.29, 1.82) is 0 Å². The predicted molar refractivity (Wildman–Crippen MR) is 95.2 cm³/mol. The van der Waals surface area contributed by atoms with E-state index in [1.54, 1.807) is 0 Å². The molecular weight excluding hydrogens is 298 g/mol. The number of carbonyl (C=O) groups is 1. The summed E-state index contributed by atoms with van der Waals surface area (Å²) in [5, 5.41) is 10.1. The molecule has 0 bridgehead atoms. The van der Waals surface area contributed by atoms with Gasteiger partial charge in [-0.15, -0.1) is 0 Å². The molecule has 1 aromatic heterocycles. The lowest BCUT2D eigenvalue weighted by Gasteiger charge is -2.22. The van der Waals surface area contributed by atoms with Crippen molar-refractivity contribution in [2.75, 3.05) is 5.32 Å². The third kappa shape index (κ3) is 3.69. The molecule has 2 aliphatic rings. The van der Waals surface area contributed by atoms with Gasteiger partial charge in [-0.3, -0.25) is 9.89 Å². The van der Waals surface area contributed by atoms with Crippen LogP contribution in [0.1, 0.15) is 73.6 Å². The van der Waals surface area contributed by atoms with Crippen LogP contribution >= 0.6 is 0 Å². The molecule has 1 heterocycles. The number of aromatic nitrogens is 2. The van der Waals surface area contributed by atoms with Crippen LogP contribution in [0.3, 0.4) is 0 Å². The number of anilines is 1. The highest BCUT2D eigenvalue weighted by Crippen LogP contribution is 2.39. The molecule has 24 heavy (non-hydrogen) atoms. The number of rotatable bonds is 5. The second-order valence-electron chi connectivity index (χ2n) is 7.29. The van der Waals surface area contributed by atoms with Gasteiger partial charge in [0.1, 0.15) is 0 Å². The molecule has 2 N–H and O–H groups in total. The van der Waals surface area contributed by atoms with Gasteiger partial charge in [0.2, 0.25) is 5.91 Å². The Morgan fingerprint density at radius 2 is 1.92 bits per heavy atom. The molecule has 2 fully saturated rings. The summed E-state index contributed by atoms with van der Waals surface area (Å²) >= 11 is 0. The molecule has 0 spiro atoms. The Morgan fingerprint density at radius 3 is 2.71 bits per heavy atom. The Labute approximate surface area is 143 Å². The van der Waals surface area contributed by atoms with Crippen molar-refractivity contribution in [1.82, 2.24) is 10.2 Å². The Balaban J connectivity index is 1.37. The third-order valence-electron chi connectivity index (χ3n) is 5.27. The molecule has 2 aliphatic carbocycles. The number of nitrogens with zero attached hydrogens (tertiary/aromatic N) is 1. The smallest absolute Gasteiger partial charge is 0.229 e. The summed E-state index contributed by atoms with van der Waals surface area (Å²) < 4.78 is 0. The predicted octanol–water partition coefficient (Wildman–Crippen LogP) is 4.52. The first-order chi connectivity index (χ1) is 11.8. The summed E-state index contributed by atoms with van der Waals surface area (Å²) in [4.78, 5) is 12.3. The van der Waals surface area contributed by atoms with Crippen LogP contribution in [0.15, 0.2) is 30.3 Å². The second kappa shape index (κ2) is 6.80. The summed E-state index contributed by atoms with van der Waals surface area (Å²) in [5.41, 5.74) is 3.63. The average molecular weight is 323 g/mol. The summed E-state index contributed by atoms with van der Waals surface area (Å²) in [5.74, 6) is 1.94. The van der Waals surface area contributed by atoms with Crippen molar-refractivity contribution < 1.29 is 4.79 Å². The van der Waals surface area contributed by atoms with E-state index >= 15 is 0 Å². The standard InChI is InChI=1S/C20H25N3O/c24-20(21-19-13-18(22-23-19)16-9-10-16)12-14-5-4-8-17(11-14)15-6-2-1-3-7-15/h4-5,8,11,13,15-16H,1-3,6-7,9-10,12H2,(H2,21,22,23,24). The Kier molecular flexibility index (Phi) is 4.37. The fraction of sp³-hybridized carbons (Fsp3) is 0.500. The van der Waals surface area contributed by atoms with E-state index in [2.05, 4.69) is 33.7 Å². The fourth-order valence-corrected chi connectivity index (χ4v) is 3.77. The van der Waals surface area contributed by atoms with Gasteiger partial charge in [0.05, 0.1) is 6.42 Å². The molecule has 1 amide bonds. The molecule has 4 heteroatoms. The molecule has 1 aromatic carbocycles. The maximum absolute atomic E-state index is 12.3. The molecule has 4 rings (SSSR count). The maximum Gasteiger partial charge on any atom is 0.229 e. The monoisotopic (exact) mass is 323 g/mol. The van der Waals surface area contributed by atoms with E-state index in [1.807, 2.05) is 12.1 Å². The van der Waals surface area contributed by atoms with E-state index < -0.39 is 0 Å². The Bertz CT molecular complexity index is 711. The molecule has 0 saturated heterocycles. The van der Waals surface area contributed by atoms with Crippen LogP contribution in [0.25, 0.3) is 0 Å². The van der Waals surface area contributed by atoms with Gasteiger partial charge in [-0.1, -0.05) is 43.5 Å². The lowest BCUT2D eigenvalue weighted by Crippen LogP contribution is -2.15. The average Bonchev–Trinajstić information content (AvgIpc) is 3.36. The second-order valence-corrected chi connectivity index (χ2v) is 7.29. The van der Waals surface area contributed by atoms with E-state index in [9.17, 15) is 4.79 Å². The summed E-state index contributed by atoms with van der Waals surface area (Å²) in [7, 11) is 0. The molecule has 2 saturated carbocycles. The molecule has 126 valence electrons. The molecule has 0 aliphatic heterocycles. The molecule has 4 nitrogen and oxygen atoms in total. The summed E-state index contributed by atoms with van der Waals surface area (Å²) in [6.45, 7) is 0. The Morgan fingerprint density at radius 1 is 1.08 bits per heavy atom. The largest absolute Gasteiger partial charge is 0.309 e. The lowest BCUT2D eigenvalue weighted by atomic mass is 9.83. The first-order valence-electron chi connectivity index (χ1n) is 9.22. The van der Waals surface area contributed by atoms with Crippen molar-refractivity contribution in [2.45, 2.75) is 63.2 Å². The van der Waals surface area contributed by atoms with Crippen LogP contribution in [0, 0.1) is 0 Å². The summed E-state index contributed by atoms with van der Waals surface area (Å²) in [6, 6.07) is 10.5. The maximum atomic E-state index is 12.3. The number of hydrogen-bond acceptors (Lipinski definition) is 2. The van der Waals surface area contributed by atoms with Crippen LogP contribution in [0.2, 0.25) is 0 Å². The number of H-pyrrole nitrogens is 1. The van der Waals surface area contributed by atoms with Crippen molar-refractivity contribution in [3.8, 4) is 0 Å². The van der Waals surface area contributed by atoms with Crippen LogP contribution in [-0.4, -0.2) is 16.1 Å². The minimum atomic E-state index is 0.00430. The Hall–Kier alpha value is -2.10. The van der Waals surface area contributed by atoms with Gasteiger partial charge >= 0.3 is 0 Å². The van der Waals surface area contributed by atoms with Crippen molar-refractivity contribution in [3.63, 3.8) is 0 Å². The van der Waals surface area contributed by atoms with Gasteiger partial charge in [-0.2, -0.15) is 5.10 Å². The van der Waals surface area contributed by atoms with Crippen molar-refractivity contribution >= 4 is 11.7 Å². The van der Waals surface area contributed by atoms with Gasteiger partial charge in [0, 0.05) is 17.7 Å². The highest BCUT2D eigenvalue weighted by molar-refractivity contribution is 5.91. The first kappa shape index (κ1) is 15.4. The SMILES string of the molecule is O=C(Cc1cccc(C2CCCCC2)c1)Nc1cc(C2CC2)[nH]n1. The highest BCUT2D eigenvalue weighted by atomic mass is 16.1. The fourth-order valence-electron chi connectivity index (χ4n) is 3.77. The number of carbonyl (C=O) groups excluding carboxylic acids is 1. The number of benzene rings is 1. The van der Waals surface area contributed by atoms with Crippen molar-refractivity contribution in [2.24, 2.45) is 0 Å². The number of hydrogen-bond donors (Lipinski definition) is 2. The van der Waals surface area contributed by atoms with E-state index in [4.69, 9.17) is 0 Å². The van der Waals surface area contributed by atoms with Gasteiger partial charge in [0.25, 0.3) is 0 Å². The zero-order chi connectivity index (χ0) is 16.4. The minimum Gasteiger partial charge on any atom is -0.309 e. The molecular formula is C20H25N3O. The molecule has 2 aromatic rings. The van der Waals surface area contributed by atoms with Crippen molar-refractivity contribution in [3.05, 3.63) is 47.2 Å². The normalized spacial score (nSPS) is 18.5. The van der Waals surface area contributed by atoms with Gasteiger partial charge in [-0.05, 0) is 42.7 Å². The third-order valence-corrected chi connectivity index (χ3v) is 5.27. The van der Waals surface area contributed by atoms with E-state index in [0.717, 1.165) is 11.3 Å². The lowest BCUT2D eigenvalue weighted by molar-refractivity contribution is -0.115. The number of nitrogens with one attached hydrogen (secondary N) is 2. The summed E-state index contributed by atoms with van der Waals surface area (Å²) in [6.07, 6.45) is 9.46. The van der Waals surface area contributed by atoms with Crippen LogP contribution in [0.4, 0.5) is 5.82 Å². The number of amides is 1. The van der Waals surface area contributed by atoms with Gasteiger partial charge in [0.15, 0.2) is 5.82 Å². The zero-order valence-corrected chi connectivity index (χ0v) is 14.1. The topological polar surface area (TPSA) is 57.8 Å². The van der Waals surface area contributed by atoms with E-state index in [1.165, 1.54) is 50.5 Å². The highest BCUT2D eigenvalue weighted by Gasteiger charge is 2.25. The van der Waals surface area contributed by atoms with Crippen LogP contribution in [-0.2, 0) is 11.2 Å². The molecule has 0 unspecified atom stereocenters. The molecule has 0 radical (unpaired) electrons. The van der Waals surface area contributed by atoms with Crippen LogP contribution in [0.5, 0.6) is 0 Å². The van der Waals surface area contributed by atoms with Gasteiger partial charge in [-0.25, -0.2) is 0 Å². The van der Waals surface area contributed by atoms with E-state index in [0.29, 0.717) is 24.1 Å². The van der Waals surface area contributed by atoms with Gasteiger partial charge < -0.3 is 5.32 Å². The first-order valence-corrected chi connectivity index (χ1v) is 9.22. The number of aromatic amines is 1.